The molecule has 1 atom stereocenters. The van der Waals surface area contributed by atoms with Crippen molar-refractivity contribution in [2.24, 2.45) is 0 Å². The van der Waals surface area contributed by atoms with Gasteiger partial charge in [0.05, 0.1) is 11.5 Å². The van der Waals surface area contributed by atoms with Gasteiger partial charge in [0.2, 0.25) is 0 Å². The fourth-order valence-corrected chi connectivity index (χ4v) is 3.44. The van der Waals surface area contributed by atoms with Crippen LogP contribution >= 0.6 is 15.9 Å². The van der Waals surface area contributed by atoms with Crippen molar-refractivity contribution >= 4 is 25.8 Å². The molecule has 1 fully saturated rings. The Hall–Kier alpha value is 0.130. The molecule has 1 rings (SSSR count). The van der Waals surface area contributed by atoms with Gasteiger partial charge in [-0.05, 0) is 6.92 Å². The van der Waals surface area contributed by atoms with E-state index in [1.54, 1.807) is 0 Å². The van der Waals surface area contributed by atoms with E-state index in [0.717, 1.165) is 11.0 Å². The highest BCUT2D eigenvalue weighted by Crippen LogP contribution is 2.14. The number of hydrogen-bond donors (Lipinski definition) is 0. The van der Waals surface area contributed by atoms with Gasteiger partial charge in [0.25, 0.3) is 0 Å². The molecule has 13 heavy (non-hydrogen) atoms. The number of hydrogen-bond acceptors (Lipinski definition) is 3. The van der Waals surface area contributed by atoms with Crippen LogP contribution in [0.4, 0.5) is 0 Å². The monoisotopic (exact) mass is 267 g/mol. The molecule has 1 heterocycles. The Balaban J connectivity index is 2.59. The second-order valence-corrected chi connectivity index (χ2v) is 6.80. The first-order chi connectivity index (χ1) is 5.91. The molecule has 0 bridgehead atoms. The van der Waals surface area contributed by atoms with E-state index in [-0.39, 0.29) is 17.5 Å². The first kappa shape index (κ1) is 11.2. The van der Waals surface area contributed by atoms with Crippen LogP contribution in [-0.2, 0) is 9.84 Å². The van der Waals surface area contributed by atoms with Gasteiger partial charge in [-0.25, -0.2) is 8.42 Å². The van der Waals surface area contributed by atoms with Gasteiger partial charge in [-0.15, -0.1) is 0 Å². The van der Waals surface area contributed by atoms with Crippen molar-refractivity contribution < 1.29 is 8.42 Å². The second kappa shape index (κ2) is 4.11. The smallest absolute Gasteiger partial charge is 0.153 e. The lowest BCUT2D eigenvalue weighted by Gasteiger charge is -2.32. The summed E-state index contributed by atoms with van der Waals surface area (Å²) in [6, 6.07) is 0.105. The summed E-state index contributed by atoms with van der Waals surface area (Å²) < 4.78 is 23.4. The molecule has 5 heteroatoms. The molecule has 0 saturated carbocycles. The number of nitrogens with zero attached hydrogens (tertiary/aromatic N) is 1. The lowest BCUT2D eigenvalue weighted by molar-refractivity contribution is 0.250. The first-order valence-corrected chi connectivity index (χ1v) is 6.80. The maximum absolute atomic E-state index is 11.2. The van der Waals surface area contributed by atoms with Gasteiger partial charge in [0.15, 0.2) is 9.84 Å². The highest BCUT2D eigenvalue weighted by molar-refractivity contribution is 9.11. The van der Waals surface area contributed by atoms with Crippen LogP contribution in [0, 0.1) is 0 Å². The van der Waals surface area contributed by atoms with Gasteiger partial charge in [-0.3, -0.25) is 4.90 Å². The zero-order chi connectivity index (χ0) is 10.1. The summed E-state index contributed by atoms with van der Waals surface area (Å²) in [6.07, 6.45) is 0. The molecule has 1 aliphatic rings. The Morgan fingerprint density at radius 1 is 1.69 bits per heavy atom. The molecule has 0 spiro atoms. The van der Waals surface area contributed by atoms with Gasteiger partial charge >= 0.3 is 0 Å². The van der Waals surface area contributed by atoms with Crippen LogP contribution in [0.5, 0.6) is 0 Å². The molecule has 1 unspecified atom stereocenters. The summed E-state index contributed by atoms with van der Waals surface area (Å²) in [5, 5.41) is 0. The van der Waals surface area contributed by atoms with Crippen molar-refractivity contribution in [1.82, 2.24) is 4.90 Å². The maximum atomic E-state index is 11.2. The minimum absolute atomic E-state index is 0.105. The van der Waals surface area contributed by atoms with Gasteiger partial charge in [-0.2, -0.15) is 0 Å². The van der Waals surface area contributed by atoms with E-state index in [2.05, 4.69) is 27.4 Å². The van der Waals surface area contributed by atoms with Crippen molar-refractivity contribution in [2.75, 3.05) is 24.6 Å². The molecule has 3 nitrogen and oxygen atoms in total. The average Bonchev–Trinajstić information content (AvgIpc) is 1.93. The second-order valence-electron chi connectivity index (χ2n) is 3.45. The minimum Gasteiger partial charge on any atom is -0.294 e. The van der Waals surface area contributed by atoms with E-state index in [9.17, 15) is 8.42 Å². The Labute approximate surface area is 87.9 Å². The number of rotatable bonds is 2. The van der Waals surface area contributed by atoms with E-state index >= 15 is 0 Å². The number of halogens is 1. The summed E-state index contributed by atoms with van der Waals surface area (Å²) >= 11 is 3.28. The Kier molecular flexibility index (Phi) is 3.54. The van der Waals surface area contributed by atoms with Gasteiger partial charge in [0.1, 0.15) is 0 Å². The Bertz CT molecular complexity index is 299. The third-order valence-corrected chi connectivity index (χ3v) is 4.23. The van der Waals surface area contributed by atoms with E-state index in [1.807, 2.05) is 6.92 Å². The molecule has 0 aromatic rings. The van der Waals surface area contributed by atoms with Crippen LogP contribution in [0.15, 0.2) is 11.1 Å². The lowest BCUT2D eigenvalue weighted by atomic mass is 10.3. The van der Waals surface area contributed by atoms with E-state index in [0.29, 0.717) is 6.54 Å². The van der Waals surface area contributed by atoms with Crippen LogP contribution in [0.2, 0.25) is 0 Å². The summed E-state index contributed by atoms with van der Waals surface area (Å²) in [5.41, 5.74) is 0. The minimum atomic E-state index is -2.79. The van der Waals surface area contributed by atoms with Crippen molar-refractivity contribution in [2.45, 2.75) is 13.0 Å². The van der Waals surface area contributed by atoms with Crippen molar-refractivity contribution in [3.05, 3.63) is 11.1 Å². The molecule has 0 N–H and O–H groups in total. The first-order valence-electron chi connectivity index (χ1n) is 4.18. The summed E-state index contributed by atoms with van der Waals surface area (Å²) in [7, 11) is -2.79. The van der Waals surface area contributed by atoms with E-state index < -0.39 is 9.84 Å². The van der Waals surface area contributed by atoms with Gasteiger partial charge in [0, 0.05) is 23.6 Å². The molecular weight excluding hydrogens is 254 g/mol. The molecule has 0 aromatic carbocycles. The normalized spacial score (nSPS) is 28.6. The van der Waals surface area contributed by atoms with Crippen molar-refractivity contribution in [1.29, 1.82) is 0 Å². The molecule has 1 saturated heterocycles. The molecule has 76 valence electrons. The molecule has 1 aliphatic heterocycles. The topological polar surface area (TPSA) is 37.4 Å². The molecule has 0 radical (unpaired) electrons. The van der Waals surface area contributed by atoms with Crippen LogP contribution in [0.1, 0.15) is 6.92 Å². The summed E-state index contributed by atoms with van der Waals surface area (Å²) in [6.45, 7) is 7.03. The summed E-state index contributed by atoms with van der Waals surface area (Å²) in [4.78, 5) is 2.12. The van der Waals surface area contributed by atoms with Crippen LogP contribution in [0.25, 0.3) is 0 Å². The fourth-order valence-electron chi connectivity index (χ4n) is 1.49. The van der Waals surface area contributed by atoms with Gasteiger partial charge in [-0.1, -0.05) is 22.5 Å². The highest BCUT2D eigenvalue weighted by Gasteiger charge is 2.27. The quantitative estimate of drug-likeness (QED) is 0.750. The average molecular weight is 268 g/mol. The molecule has 0 amide bonds. The number of sulfone groups is 1. The van der Waals surface area contributed by atoms with Crippen molar-refractivity contribution in [3.63, 3.8) is 0 Å². The SMILES string of the molecule is C=C(Br)CN1CCS(=O)(=O)CC1C. The largest absolute Gasteiger partial charge is 0.294 e. The van der Waals surface area contributed by atoms with E-state index in [1.165, 1.54) is 0 Å². The predicted octanol–water partition coefficient (Wildman–Crippen LogP) is 1.01. The van der Waals surface area contributed by atoms with Crippen LogP contribution in [-0.4, -0.2) is 44.0 Å². The van der Waals surface area contributed by atoms with Crippen LogP contribution < -0.4 is 0 Å². The molecule has 0 aliphatic carbocycles. The summed E-state index contributed by atoms with van der Waals surface area (Å²) in [5.74, 6) is 0.547. The van der Waals surface area contributed by atoms with Crippen LogP contribution in [0.3, 0.4) is 0 Å². The van der Waals surface area contributed by atoms with Crippen molar-refractivity contribution in [3.8, 4) is 0 Å². The Morgan fingerprint density at radius 2 is 2.31 bits per heavy atom. The zero-order valence-corrected chi connectivity index (χ0v) is 10.1. The fraction of sp³-hybridized carbons (Fsp3) is 0.750. The van der Waals surface area contributed by atoms with Gasteiger partial charge < -0.3 is 0 Å². The third kappa shape index (κ3) is 3.40. The lowest BCUT2D eigenvalue weighted by Crippen LogP contribution is -2.47. The third-order valence-electron chi connectivity index (χ3n) is 2.18. The zero-order valence-electron chi connectivity index (χ0n) is 7.66. The maximum Gasteiger partial charge on any atom is 0.153 e. The molecular formula is C8H14BrNO2S. The Morgan fingerprint density at radius 3 is 2.77 bits per heavy atom. The standard InChI is InChI=1S/C8H14BrNO2S/c1-7(9)5-10-3-4-13(11,12)6-8(10)2/h8H,1,3-6H2,2H3. The highest BCUT2D eigenvalue weighted by atomic mass is 79.9. The van der Waals surface area contributed by atoms with E-state index in [4.69, 9.17) is 0 Å². The molecule has 0 aromatic heterocycles. The predicted molar refractivity (Wildman–Crippen MR) is 57.8 cm³/mol.